The zero-order valence-corrected chi connectivity index (χ0v) is 40.3. The van der Waals surface area contributed by atoms with Crippen LogP contribution in [0.15, 0.2) is 71.0 Å². The van der Waals surface area contributed by atoms with Crippen molar-refractivity contribution >= 4 is 11.9 Å². The molecule has 2 atom stereocenters. The lowest BCUT2D eigenvalue weighted by molar-refractivity contribution is 0.0588. The molecule has 6 heterocycles. The minimum atomic E-state index is -0.645. The van der Waals surface area contributed by atoms with Gasteiger partial charge in [-0.15, -0.1) is 10.2 Å². The van der Waals surface area contributed by atoms with Gasteiger partial charge >= 0.3 is 11.9 Å². The first-order chi connectivity index (χ1) is 32.4. The SMILES string of the molecule is COC(=O)c1cn2c(cc1=O)-c1cc(OC)c(-c3ncn(CCCO)n3)cc1CC2C(C)(C)C.COC(=O)c1cn2c(cc1=O)-c1cc(OC)c(-c3nncn3CCCO)cc1CC2C(C)(C)C. The Bertz CT molecular complexity index is 2970. The van der Waals surface area contributed by atoms with Gasteiger partial charge < -0.3 is 42.9 Å². The number of hydrogen-bond donors (Lipinski definition) is 2. The monoisotopic (exact) mass is 932 g/mol. The lowest BCUT2D eigenvalue weighted by Crippen LogP contribution is -2.33. The van der Waals surface area contributed by atoms with E-state index in [-0.39, 0.29) is 58.1 Å². The number of nitrogens with zero attached hydrogens (tertiary/aromatic N) is 8. The van der Waals surface area contributed by atoms with Gasteiger partial charge in [0.15, 0.2) is 22.5 Å². The molecule has 0 saturated carbocycles. The molecule has 68 heavy (non-hydrogen) atoms. The number of aromatic nitrogens is 8. The van der Waals surface area contributed by atoms with Crippen molar-refractivity contribution in [1.82, 2.24) is 38.7 Å². The van der Waals surface area contributed by atoms with Crippen LogP contribution in [0.2, 0.25) is 0 Å². The van der Waals surface area contributed by atoms with Gasteiger partial charge in [0.05, 0.1) is 51.0 Å². The number of rotatable bonds is 12. The lowest BCUT2D eigenvalue weighted by atomic mass is 9.78. The van der Waals surface area contributed by atoms with E-state index in [1.54, 1.807) is 43.9 Å². The van der Waals surface area contributed by atoms with E-state index in [4.69, 9.17) is 24.1 Å². The highest BCUT2D eigenvalue weighted by Crippen LogP contribution is 2.47. The fraction of sp³-hybridized carbons (Fsp3) is 0.440. The van der Waals surface area contributed by atoms with Crippen LogP contribution in [-0.2, 0) is 35.4 Å². The molecule has 0 amide bonds. The van der Waals surface area contributed by atoms with Crippen molar-refractivity contribution in [3.63, 3.8) is 0 Å². The van der Waals surface area contributed by atoms with Crippen LogP contribution in [0.25, 0.3) is 45.3 Å². The van der Waals surface area contributed by atoms with Crippen molar-refractivity contribution in [2.75, 3.05) is 41.7 Å². The third-order valence-corrected chi connectivity index (χ3v) is 12.6. The maximum atomic E-state index is 12.8. The zero-order chi connectivity index (χ0) is 49.2. The van der Waals surface area contributed by atoms with Crippen LogP contribution < -0.4 is 20.3 Å². The summed E-state index contributed by atoms with van der Waals surface area (Å²) in [5.41, 5.74) is 5.82. The maximum Gasteiger partial charge on any atom is 0.343 e. The summed E-state index contributed by atoms with van der Waals surface area (Å²) < 4.78 is 28.7. The largest absolute Gasteiger partial charge is 0.496 e. The van der Waals surface area contributed by atoms with Crippen molar-refractivity contribution in [3.05, 3.63) is 104 Å². The van der Waals surface area contributed by atoms with E-state index in [0.29, 0.717) is 61.9 Å². The van der Waals surface area contributed by atoms with E-state index >= 15 is 0 Å². The molecular formula is C50H60N8O10. The van der Waals surface area contributed by atoms with Gasteiger partial charge in [-0.25, -0.2) is 14.6 Å². The number of benzene rings is 2. The zero-order valence-electron chi connectivity index (χ0n) is 40.3. The van der Waals surface area contributed by atoms with Crippen LogP contribution in [0.1, 0.15) is 98.3 Å². The van der Waals surface area contributed by atoms with E-state index in [0.717, 1.165) is 44.8 Å². The smallest absolute Gasteiger partial charge is 0.343 e. The second-order valence-electron chi connectivity index (χ2n) is 19.1. The normalized spacial score (nSPS) is 14.9. The molecule has 2 aromatic carbocycles. The first-order valence-corrected chi connectivity index (χ1v) is 22.5. The number of methoxy groups -OCH3 is 4. The Morgan fingerprint density at radius 1 is 0.662 bits per heavy atom. The third-order valence-electron chi connectivity index (χ3n) is 12.6. The van der Waals surface area contributed by atoms with Crippen LogP contribution in [0.5, 0.6) is 11.5 Å². The lowest BCUT2D eigenvalue weighted by Gasteiger charge is -2.39. The van der Waals surface area contributed by atoms with Crippen molar-refractivity contribution in [1.29, 1.82) is 0 Å². The predicted octanol–water partition coefficient (Wildman–Crippen LogP) is 6.19. The summed E-state index contributed by atoms with van der Waals surface area (Å²) in [6, 6.07) is 10.9. The number of carbonyl (C=O) groups is 2. The molecule has 8 rings (SSSR count). The Hall–Kier alpha value is -6.92. The minimum Gasteiger partial charge on any atom is -0.496 e. The Labute approximate surface area is 394 Å². The number of pyridine rings is 2. The summed E-state index contributed by atoms with van der Waals surface area (Å²) in [5, 5.41) is 31.2. The molecule has 0 spiro atoms. The van der Waals surface area contributed by atoms with Crippen LogP contribution in [0.4, 0.5) is 0 Å². The first-order valence-electron chi connectivity index (χ1n) is 22.5. The average molecular weight is 933 g/mol. The molecule has 18 nitrogen and oxygen atoms in total. The number of aliphatic hydroxyl groups excluding tert-OH is 2. The standard InChI is InChI=1S/2C25H30N4O5/c1-25(2,3)22-10-15-9-17(23-27-26-14-28(23)7-6-8-30)21(33-4)11-16(15)19-12-20(31)18(13-29(19)22)24(32)34-5;1-25(2,3)22-10-15-9-17(23-26-14-28(27-23)7-6-8-30)21(33-4)11-16(15)19-12-20(31)18(13-29(19)22)24(32)34-5/h2*9,11-14,22,30H,6-8,10H2,1-5H3. The molecule has 4 aromatic heterocycles. The first kappa shape index (κ1) is 49.0. The minimum absolute atomic E-state index is 0.00433. The highest BCUT2D eigenvalue weighted by Gasteiger charge is 2.36. The molecule has 2 N–H and O–H groups in total. The fourth-order valence-corrected chi connectivity index (χ4v) is 9.01. The van der Waals surface area contributed by atoms with Crippen molar-refractivity contribution in [2.45, 2.75) is 92.4 Å². The third kappa shape index (κ3) is 9.60. The summed E-state index contributed by atoms with van der Waals surface area (Å²) in [6.45, 7) is 14.1. The molecule has 0 bridgehead atoms. The second-order valence-corrected chi connectivity index (χ2v) is 19.1. The van der Waals surface area contributed by atoms with Gasteiger partial charge in [0.25, 0.3) is 0 Å². The van der Waals surface area contributed by atoms with Crippen molar-refractivity contribution in [3.8, 4) is 56.8 Å². The van der Waals surface area contributed by atoms with Gasteiger partial charge in [-0.2, -0.15) is 5.10 Å². The Morgan fingerprint density at radius 3 is 1.62 bits per heavy atom. The van der Waals surface area contributed by atoms with Gasteiger partial charge in [-0.05, 0) is 71.9 Å². The van der Waals surface area contributed by atoms with Crippen LogP contribution >= 0.6 is 0 Å². The Kier molecular flexibility index (Phi) is 14.2. The molecule has 2 unspecified atom stereocenters. The number of aryl methyl sites for hydroxylation is 2. The van der Waals surface area contributed by atoms with Crippen molar-refractivity contribution < 1.29 is 38.7 Å². The summed E-state index contributed by atoms with van der Waals surface area (Å²) in [5.74, 6) is 1.09. The molecule has 0 radical (unpaired) electrons. The number of fused-ring (bicyclic) bond motifs is 6. The van der Waals surface area contributed by atoms with Crippen LogP contribution in [0, 0.1) is 10.8 Å². The number of ether oxygens (including phenoxy) is 4. The molecule has 2 aliphatic rings. The van der Waals surface area contributed by atoms with Gasteiger partial charge in [0, 0.05) is 74.0 Å². The van der Waals surface area contributed by atoms with E-state index in [9.17, 15) is 24.3 Å². The summed E-state index contributed by atoms with van der Waals surface area (Å²) in [6.07, 6.45) is 9.09. The van der Waals surface area contributed by atoms with Gasteiger partial charge in [-0.1, -0.05) is 41.5 Å². The number of hydrogen-bond acceptors (Lipinski definition) is 14. The topological polar surface area (TPSA) is 217 Å². The molecule has 0 fully saturated rings. The molecule has 0 saturated heterocycles. The summed E-state index contributed by atoms with van der Waals surface area (Å²) in [7, 11) is 5.72. The number of esters is 2. The van der Waals surface area contributed by atoms with Gasteiger partial charge in [-0.3, -0.25) is 14.3 Å². The van der Waals surface area contributed by atoms with Crippen molar-refractivity contribution in [2.24, 2.45) is 10.8 Å². The summed E-state index contributed by atoms with van der Waals surface area (Å²) >= 11 is 0. The highest BCUT2D eigenvalue weighted by molar-refractivity contribution is 5.90. The Balaban J connectivity index is 0.000000201. The van der Waals surface area contributed by atoms with Crippen LogP contribution in [-0.4, -0.2) is 102 Å². The average Bonchev–Trinajstić information content (AvgIpc) is 4.00. The molecule has 2 aliphatic heterocycles. The predicted molar refractivity (Wildman–Crippen MR) is 254 cm³/mol. The van der Waals surface area contributed by atoms with Crippen LogP contribution in [0.3, 0.4) is 0 Å². The molecule has 360 valence electrons. The molecular weight excluding hydrogens is 873 g/mol. The van der Waals surface area contributed by atoms with E-state index in [1.165, 1.54) is 26.4 Å². The van der Waals surface area contributed by atoms with E-state index < -0.39 is 11.9 Å². The maximum absolute atomic E-state index is 12.8. The fourth-order valence-electron chi connectivity index (χ4n) is 9.01. The van der Waals surface area contributed by atoms with E-state index in [2.05, 4.69) is 67.9 Å². The number of carbonyl (C=O) groups excluding carboxylic acids is 2. The molecule has 6 aromatic rings. The molecule has 18 heteroatoms. The van der Waals surface area contributed by atoms with Gasteiger partial charge in [0.1, 0.15) is 35.3 Å². The number of aliphatic hydroxyl groups is 2. The molecule has 0 aliphatic carbocycles. The second kappa shape index (κ2) is 19.7. The Morgan fingerprint density at radius 2 is 1.15 bits per heavy atom. The van der Waals surface area contributed by atoms with Gasteiger partial charge in [0.2, 0.25) is 0 Å². The summed E-state index contributed by atoms with van der Waals surface area (Å²) in [4.78, 5) is 54.5. The highest BCUT2D eigenvalue weighted by atomic mass is 16.5. The van der Waals surface area contributed by atoms with E-state index in [1.807, 2.05) is 31.9 Å². The quantitative estimate of drug-likeness (QED) is 0.131.